The zero-order chi connectivity index (χ0) is 37.7. The van der Waals surface area contributed by atoms with Crippen molar-refractivity contribution in [2.75, 3.05) is 10.0 Å². The topological polar surface area (TPSA) is 228 Å². The van der Waals surface area contributed by atoms with E-state index in [-0.39, 0.29) is 50.2 Å². The minimum Gasteiger partial charge on any atom is -0.456 e. The molecule has 4 aromatic carbocycles. The summed E-state index contributed by atoms with van der Waals surface area (Å²) >= 11 is 0. The molecule has 14 nitrogen and oxygen atoms in total. The molecule has 2 aliphatic rings. The molecule has 1 heterocycles. The molecule has 270 valence electrons. The maximum atomic E-state index is 13.4. The van der Waals surface area contributed by atoms with Crippen LogP contribution in [0.2, 0.25) is 0 Å². The second kappa shape index (κ2) is 13.4. The molecule has 0 saturated carbocycles. The molecule has 6 N–H and O–H groups in total. The SMILES string of the molecule is Cc1cccc(C)c1N=c1cc2oc3cc(Nc4c(C)cccc4C)c(NS(=O)(=O)O)cc3c(-c3ccccc3S(=O)(=O)O)c-2cc1S(=O)(=O)ON. The summed E-state index contributed by atoms with van der Waals surface area (Å²) in [6.45, 7) is 7.27. The highest BCUT2D eigenvalue weighted by atomic mass is 32.2. The van der Waals surface area contributed by atoms with Gasteiger partial charge in [-0.1, -0.05) is 54.6 Å². The van der Waals surface area contributed by atoms with Crippen LogP contribution in [0.25, 0.3) is 33.4 Å². The number of anilines is 3. The summed E-state index contributed by atoms with van der Waals surface area (Å²) in [5.41, 5.74) is 4.10. The van der Waals surface area contributed by atoms with Gasteiger partial charge >= 0.3 is 20.4 Å². The van der Waals surface area contributed by atoms with Gasteiger partial charge in [0.1, 0.15) is 21.1 Å². The Balaban J connectivity index is 1.83. The van der Waals surface area contributed by atoms with Crippen LogP contribution in [0.1, 0.15) is 22.3 Å². The Bertz CT molecular complexity index is 2760. The van der Waals surface area contributed by atoms with E-state index in [9.17, 15) is 34.4 Å². The molecule has 0 bridgehead atoms. The van der Waals surface area contributed by atoms with Crippen molar-refractivity contribution >= 4 is 64.3 Å². The quantitative estimate of drug-likeness (QED) is 0.0608. The number of nitrogens with two attached hydrogens (primary N) is 1. The average Bonchev–Trinajstić information content (AvgIpc) is 3.06. The molecule has 0 spiro atoms. The molecule has 0 radical (unpaired) electrons. The molecule has 0 amide bonds. The van der Waals surface area contributed by atoms with Crippen molar-refractivity contribution < 1.29 is 43.1 Å². The van der Waals surface area contributed by atoms with Crippen molar-refractivity contribution in [3.63, 3.8) is 0 Å². The molecule has 17 heteroatoms. The maximum absolute atomic E-state index is 13.4. The van der Waals surface area contributed by atoms with Gasteiger partial charge in [0, 0.05) is 39.9 Å². The first-order valence-corrected chi connectivity index (χ1v) is 19.6. The number of nitrogens with one attached hydrogen (secondary N) is 2. The van der Waals surface area contributed by atoms with Crippen LogP contribution in [0.5, 0.6) is 0 Å². The van der Waals surface area contributed by atoms with Crippen LogP contribution in [0.15, 0.2) is 104 Å². The average molecular weight is 765 g/mol. The molecule has 0 fully saturated rings. The van der Waals surface area contributed by atoms with Gasteiger partial charge in [-0.25, -0.2) is 4.99 Å². The van der Waals surface area contributed by atoms with Gasteiger partial charge in [0.05, 0.1) is 22.4 Å². The first kappa shape index (κ1) is 36.6. The van der Waals surface area contributed by atoms with Crippen LogP contribution < -0.4 is 21.3 Å². The van der Waals surface area contributed by atoms with Crippen LogP contribution >= 0.6 is 0 Å². The number of benzene rings is 5. The summed E-state index contributed by atoms with van der Waals surface area (Å²) in [5, 5.41) is 3.13. The van der Waals surface area contributed by atoms with E-state index in [1.54, 1.807) is 26.0 Å². The lowest BCUT2D eigenvalue weighted by Gasteiger charge is -2.21. The molecule has 1 aliphatic carbocycles. The fourth-order valence-corrected chi connectivity index (χ4v) is 7.93. The monoisotopic (exact) mass is 764 g/mol. The Kier molecular flexibility index (Phi) is 9.47. The molecule has 0 aromatic heterocycles. The molecule has 0 saturated heterocycles. The number of para-hydroxylation sites is 2. The van der Waals surface area contributed by atoms with E-state index in [1.807, 2.05) is 38.1 Å². The number of nitrogens with zero attached hydrogens (tertiary/aromatic N) is 1. The highest BCUT2D eigenvalue weighted by Gasteiger charge is 2.28. The summed E-state index contributed by atoms with van der Waals surface area (Å²) < 4.78 is 110. The summed E-state index contributed by atoms with van der Waals surface area (Å²) in [6, 6.07) is 21.5. The summed E-state index contributed by atoms with van der Waals surface area (Å²) in [6.07, 6.45) is 0. The summed E-state index contributed by atoms with van der Waals surface area (Å²) in [5.74, 6) is 5.26. The zero-order valence-electron chi connectivity index (χ0n) is 28.0. The standard InChI is InChI=1S/C35H32N4O10S3/c1-19-9-7-10-20(2)34(19)37-26-17-29-24(15-27(26)39-52(45,46)47)33(23-13-5-6-14-31(23)50(40,41)42)25-16-32(51(43,44)49-36)28(18-30(25)48-29)38-35-21(3)11-8-12-22(35)4/h5-18,37,39H,36H2,1-4H3,(H,40,41,42)(H,45,46,47). The van der Waals surface area contributed by atoms with Crippen molar-refractivity contribution in [3.05, 3.63) is 113 Å². The Morgan fingerprint density at radius 2 is 1.33 bits per heavy atom. The zero-order valence-corrected chi connectivity index (χ0v) is 30.4. The van der Waals surface area contributed by atoms with E-state index < -0.39 is 40.3 Å². The minimum atomic E-state index is -4.89. The third kappa shape index (κ3) is 7.15. The number of aryl methyl sites for hydroxylation is 4. The predicted molar refractivity (Wildman–Crippen MR) is 196 cm³/mol. The molecule has 1 aliphatic heterocycles. The molecule has 52 heavy (non-hydrogen) atoms. The van der Waals surface area contributed by atoms with E-state index >= 15 is 0 Å². The Labute approximate surface area is 299 Å². The maximum Gasteiger partial charge on any atom is 0.357 e. The van der Waals surface area contributed by atoms with Crippen LogP contribution in [-0.2, 0) is 34.8 Å². The van der Waals surface area contributed by atoms with Crippen molar-refractivity contribution in [2.24, 2.45) is 10.9 Å². The van der Waals surface area contributed by atoms with E-state index in [2.05, 4.69) is 19.3 Å². The highest BCUT2D eigenvalue weighted by molar-refractivity contribution is 7.87. The lowest BCUT2D eigenvalue weighted by atomic mass is 9.93. The number of rotatable bonds is 9. The van der Waals surface area contributed by atoms with E-state index in [1.165, 1.54) is 36.4 Å². The lowest BCUT2D eigenvalue weighted by molar-refractivity contribution is 0.332. The molecular formula is C35H32N4O10S3. The molecule has 6 rings (SSSR count). The van der Waals surface area contributed by atoms with Gasteiger partial charge in [0.2, 0.25) is 0 Å². The first-order chi connectivity index (χ1) is 24.4. The first-order valence-electron chi connectivity index (χ1n) is 15.4. The fraction of sp³-hybridized carbons (Fsp3) is 0.114. The second-order valence-electron chi connectivity index (χ2n) is 12.0. The molecule has 0 unspecified atom stereocenters. The minimum absolute atomic E-state index is 0.00653. The van der Waals surface area contributed by atoms with E-state index in [0.717, 1.165) is 34.4 Å². The Hall–Kier alpha value is -5.14. The third-order valence-corrected chi connectivity index (χ3v) is 10.9. The van der Waals surface area contributed by atoms with E-state index in [4.69, 9.17) is 10.3 Å². The van der Waals surface area contributed by atoms with Gasteiger partial charge in [-0.3, -0.25) is 13.8 Å². The summed E-state index contributed by atoms with van der Waals surface area (Å²) in [7, 11) is -14.5. The van der Waals surface area contributed by atoms with Crippen LogP contribution in [0.3, 0.4) is 0 Å². The number of hydrogen-bond acceptors (Lipinski definition) is 11. The Morgan fingerprint density at radius 1 is 0.712 bits per heavy atom. The second-order valence-corrected chi connectivity index (χ2v) is 16.1. The van der Waals surface area contributed by atoms with Crippen molar-refractivity contribution in [1.29, 1.82) is 0 Å². The smallest absolute Gasteiger partial charge is 0.357 e. The van der Waals surface area contributed by atoms with Gasteiger partial charge in [-0.15, -0.1) is 0 Å². The van der Waals surface area contributed by atoms with Gasteiger partial charge in [-0.05, 0) is 68.1 Å². The van der Waals surface area contributed by atoms with Crippen molar-refractivity contribution in [3.8, 4) is 22.5 Å². The van der Waals surface area contributed by atoms with Gasteiger partial charge in [0.15, 0.2) is 0 Å². The van der Waals surface area contributed by atoms with E-state index in [0.29, 0.717) is 11.4 Å². The van der Waals surface area contributed by atoms with Gasteiger partial charge < -0.3 is 9.73 Å². The molecule has 0 atom stereocenters. The highest BCUT2D eigenvalue weighted by Crippen LogP contribution is 2.46. The normalized spacial score (nSPS) is 12.8. The van der Waals surface area contributed by atoms with Crippen LogP contribution in [-0.4, -0.2) is 34.4 Å². The number of hydrogen-bond donors (Lipinski definition) is 5. The summed E-state index contributed by atoms with van der Waals surface area (Å²) in [4.78, 5) is 3.61. The Morgan fingerprint density at radius 3 is 1.92 bits per heavy atom. The van der Waals surface area contributed by atoms with Gasteiger partial charge in [0.25, 0.3) is 10.1 Å². The molecule has 4 aromatic rings. The lowest BCUT2D eigenvalue weighted by Crippen LogP contribution is -2.21. The van der Waals surface area contributed by atoms with Crippen molar-refractivity contribution in [1.82, 2.24) is 0 Å². The van der Waals surface area contributed by atoms with Crippen molar-refractivity contribution in [2.45, 2.75) is 37.5 Å². The molecular weight excluding hydrogens is 733 g/mol. The number of fused-ring (bicyclic) bond motifs is 2. The predicted octanol–water partition coefficient (Wildman–Crippen LogP) is 6.45. The largest absolute Gasteiger partial charge is 0.456 e. The van der Waals surface area contributed by atoms with Gasteiger partial charge in [-0.2, -0.15) is 35.4 Å². The third-order valence-electron chi connectivity index (χ3n) is 8.42. The van der Waals surface area contributed by atoms with Crippen LogP contribution in [0.4, 0.5) is 22.7 Å². The fourth-order valence-electron chi connectivity index (χ4n) is 6.06. The van der Waals surface area contributed by atoms with Crippen LogP contribution in [0, 0.1) is 27.7 Å².